The molecule has 24 heavy (non-hydrogen) atoms. The first-order chi connectivity index (χ1) is 11.7. The van der Waals surface area contributed by atoms with Gasteiger partial charge >= 0.3 is 0 Å². The molecule has 0 saturated carbocycles. The van der Waals surface area contributed by atoms with Gasteiger partial charge in [0.25, 0.3) is 0 Å². The predicted octanol–water partition coefficient (Wildman–Crippen LogP) is 2.95. The Morgan fingerprint density at radius 2 is 2.12 bits per heavy atom. The number of thiazole rings is 1. The molecule has 2 aliphatic heterocycles. The fourth-order valence-electron chi connectivity index (χ4n) is 4.01. The normalized spacial score (nSPS) is 24.6. The number of aromatic nitrogens is 2. The van der Waals surface area contributed by atoms with Crippen LogP contribution in [0.4, 0.5) is 5.13 Å². The van der Waals surface area contributed by atoms with Gasteiger partial charge in [0, 0.05) is 49.2 Å². The van der Waals surface area contributed by atoms with E-state index in [4.69, 9.17) is 0 Å². The van der Waals surface area contributed by atoms with E-state index in [1.807, 2.05) is 34.7 Å². The van der Waals surface area contributed by atoms with Gasteiger partial charge in [-0.05, 0) is 31.4 Å². The molecule has 0 bridgehead atoms. The van der Waals surface area contributed by atoms with E-state index in [1.165, 1.54) is 12.8 Å². The Morgan fingerprint density at radius 3 is 2.92 bits per heavy atom. The first-order valence-corrected chi connectivity index (χ1v) is 9.44. The molecule has 4 rings (SSSR count). The summed E-state index contributed by atoms with van der Waals surface area (Å²) in [6.45, 7) is 3.54. The second kappa shape index (κ2) is 6.51. The van der Waals surface area contributed by atoms with Crippen molar-refractivity contribution in [2.24, 2.45) is 5.41 Å². The maximum atomic E-state index is 12.4. The third kappa shape index (κ3) is 3.15. The highest BCUT2D eigenvalue weighted by atomic mass is 32.1. The number of anilines is 1. The van der Waals surface area contributed by atoms with Crippen LogP contribution in [0.3, 0.4) is 0 Å². The molecule has 1 spiro atoms. The van der Waals surface area contributed by atoms with Crippen molar-refractivity contribution in [3.8, 4) is 0 Å². The molecule has 1 amide bonds. The van der Waals surface area contributed by atoms with Crippen LogP contribution in [-0.4, -0.2) is 40.4 Å². The number of piperidine rings is 2. The van der Waals surface area contributed by atoms with Gasteiger partial charge in [0.1, 0.15) is 0 Å². The fourth-order valence-corrected chi connectivity index (χ4v) is 4.68. The Hall–Kier alpha value is -1.95. The highest BCUT2D eigenvalue weighted by Crippen LogP contribution is 2.40. The Morgan fingerprint density at radius 1 is 1.17 bits per heavy atom. The van der Waals surface area contributed by atoms with Crippen LogP contribution in [-0.2, 0) is 11.3 Å². The second-order valence-electron chi connectivity index (χ2n) is 6.91. The average molecular weight is 342 g/mol. The zero-order chi connectivity index (χ0) is 16.4. The van der Waals surface area contributed by atoms with Crippen LogP contribution < -0.4 is 4.90 Å². The monoisotopic (exact) mass is 342 g/mol. The molecule has 126 valence electrons. The fraction of sp³-hybridized carbons (Fsp3) is 0.500. The average Bonchev–Trinajstić information content (AvgIpc) is 3.14. The van der Waals surface area contributed by atoms with Gasteiger partial charge in [0.05, 0.1) is 12.2 Å². The number of likely N-dealkylation sites (tertiary alicyclic amines) is 1. The van der Waals surface area contributed by atoms with Crippen molar-refractivity contribution in [3.63, 3.8) is 0 Å². The number of amides is 1. The van der Waals surface area contributed by atoms with Crippen LogP contribution in [0.2, 0.25) is 0 Å². The number of hydrogen-bond donors (Lipinski definition) is 0. The van der Waals surface area contributed by atoms with E-state index < -0.39 is 0 Å². The molecule has 2 saturated heterocycles. The lowest BCUT2D eigenvalue weighted by atomic mass is 9.73. The molecule has 2 fully saturated rings. The lowest BCUT2D eigenvalue weighted by Gasteiger charge is -2.48. The zero-order valence-electron chi connectivity index (χ0n) is 13.7. The number of rotatable bonds is 3. The van der Waals surface area contributed by atoms with E-state index in [0.29, 0.717) is 13.0 Å². The Balaban J connectivity index is 1.49. The van der Waals surface area contributed by atoms with Gasteiger partial charge in [-0.25, -0.2) is 4.98 Å². The Bertz CT molecular complexity index is 690. The van der Waals surface area contributed by atoms with Gasteiger partial charge < -0.3 is 9.80 Å². The number of hydrogen-bond acceptors (Lipinski definition) is 5. The minimum absolute atomic E-state index is 0.201. The van der Waals surface area contributed by atoms with E-state index in [9.17, 15) is 4.79 Å². The summed E-state index contributed by atoms with van der Waals surface area (Å²) in [6, 6.07) is 5.89. The van der Waals surface area contributed by atoms with E-state index in [-0.39, 0.29) is 11.3 Å². The Kier molecular flexibility index (Phi) is 4.22. The molecule has 6 heteroatoms. The molecule has 1 atom stereocenters. The van der Waals surface area contributed by atoms with Crippen molar-refractivity contribution < 1.29 is 4.79 Å². The maximum Gasteiger partial charge on any atom is 0.222 e. The molecule has 2 aromatic heterocycles. The summed E-state index contributed by atoms with van der Waals surface area (Å²) in [6.07, 6.45) is 7.68. The quantitative estimate of drug-likeness (QED) is 0.860. The molecular weight excluding hydrogens is 320 g/mol. The van der Waals surface area contributed by atoms with Crippen LogP contribution in [0.5, 0.6) is 0 Å². The molecule has 0 radical (unpaired) electrons. The lowest BCUT2D eigenvalue weighted by molar-refractivity contribution is -0.138. The third-order valence-electron chi connectivity index (χ3n) is 5.18. The van der Waals surface area contributed by atoms with E-state index in [0.717, 1.165) is 36.9 Å². The summed E-state index contributed by atoms with van der Waals surface area (Å²) >= 11 is 1.71. The summed E-state index contributed by atoms with van der Waals surface area (Å²) in [4.78, 5) is 25.7. The van der Waals surface area contributed by atoms with Crippen molar-refractivity contribution in [3.05, 3.63) is 41.7 Å². The first-order valence-electron chi connectivity index (χ1n) is 8.56. The van der Waals surface area contributed by atoms with E-state index in [2.05, 4.69) is 14.9 Å². The molecule has 0 aliphatic carbocycles. The molecule has 0 unspecified atom stereocenters. The van der Waals surface area contributed by atoms with Crippen molar-refractivity contribution in [1.29, 1.82) is 0 Å². The van der Waals surface area contributed by atoms with Gasteiger partial charge in [-0.15, -0.1) is 11.3 Å². The summed E-state index contributed by atoms with van der Waals surface area (Å²) < 4.78 is 0. The van der Waals surface area contributed by atoms with Crippen LogP contribution in [0.1, 0.15) is 31.4 Å². The van der Waals surface area contributed by atoms with E-state index in [1.54, 1.807) is 17.5 Å². The van der Waals surface area contributed by atoms with Crippen molar-refractivity contribution in [2.45, 2.75) is 32.2 Å². The Labute approximate surface area is 146 Å². The number of carbonyl (C=O) groups excluding carboxylic acids is 1. The molecular formula is C18H22N4OS. The van der Waals surface area contributed by atoms with Crippen molar-refractivity contribution in [2.75, 3.05) is 24.5 Å². The largest absolute Gasteiger partial charge is 0.347 e. The lowest BCUT2D eigenvalue weighted by Crippen LogP contribution is -2.53. The SMILES string of the molecule is O=C1CC[C@@]2(CCCN(c3nccs3)C2)CN1Cc1ccccn1. The summed E-state index contributed by atoms with van der Waals surface area (Å²) in [7, 11) is 0. The molecule has 2 aliphatic rings. The third-order valence-corrected chi connectivity index (χ3v) is 6.01. The van der Waals surface area contributed by atoms with Crippen LogP contribution in [0.15, 0.2) is 36.0 Å². The van der Waals surface area contributed by atoms with Gasteiger partial charge in [0.2, 0.25) is 5.91 Å². The maximum absolute atomic E-state index is 12.4. The topological polar surface area (TPSA) is 49.3 Å². The molecule has 5 nitrogen and oxygen atoms in total. The van der Waals surface area contributed by atoms with Crippen LogP contribution in [0, 0.1) is 5.41 Å². The van der Waals surface area contributed by atoms with Crippen LogP contribution in [0.25, 0.3) is 0 Å². The van der Waals surface area contributed by atoms with Gasteiger partial charge in [-0.2, -0.15) is 0 Å². The summed E-state index contributed by atoms with van der Waals surface area (Å²) in [5.74, 6) is 0.262. The second-order valence-corrected chi connectivity index (χ2v) is 7.78. The molecule has 2 aromatic rings. The zero-order valence-corrected chi connectivity index (χ0v) is 14.5. The standard InChI is InChI=1S/C18H22N4OS/c23-16-5-7-18(14-22(16)12-15-4-1-2-8-19-15)6-3-10-21(13-18)17-20-9-11-24-17/h1-2,4,8-9,11H,3,5-7,10,12-14H2/t18-/m1/s1. The van der Waals surface area contributed by atoms with Gasteiger partial charge in [-0.1, -0.05) is 6.07 Å². The first kappa shape index (κ1) is 15.6. The minimum Gasteiger partial charge on any atom is -0.347 e. The van der Waals surface area contributed by atoms with E-state index >= 15 is 0 Å². The highest BCUT2D eigenvalue weighted by molar-refractivity contribution is 7.13. The molecule has 0 N–H and O–H groups in total. The van der Waals surface area contributed by atoms with Crippen molar-refractivity contribution in [1.82, 2.24) is 14.9 Å². The summed E-state index contributed by atoms with van der Waals surface area (Å²) in [5, 5.41) is 3.15. The highest BCUT2D eigenvalue weighted by Gasteiger charge is 2.42. The number of nitrogens with zero attached hydrogens (tertiary/aromatic N) is 4. The van der Waals surface area contributed by atoms with Gasteiger partial charge in [0.15, 0.2) is 5.13 Å². The summed E-state index contributed by atoms with van der Waals surface area (Å²) in [5.41, 5.74) is 1.17. The molecule has 0 aromatic carbocycles. The number of pyridine rings is 1. The molecule has 4 heterocycles. The smallest absolute Gasteiger partial charge is 0.222 e. The van der Waals surface area contributed by atoms with Gasteiger partial charge in [-0.3, -0.25) is 9.78 Å². The minimum atomic E-state index is 0.201. The van der Waals surface area contributed by atoms with Crippen LogP contribution >= 0.6 is 11.3 Å². The number of carbonyl (C=O) groups is 1. The predicted molar refractivity (Wildman–Crippen MR) is 94.9 cm³/mol. The van der Waals surface area contributed by atoms with Crippen molar-refractivity contribution >= 4 is 22.4 Å².